The van der Waals surface area contributed by atoms with Gasteiger partial charge >= 0.3 is 0 Å². The summed E-state index contributed by atoms with van der Waals surface area (Å²) in [7, 11) is 0. The lowest BCUT2D eigenvalue weighted by molar-refractivity contribution is -0.131. The third-order valence-corrected chi connectivity index (χ3v) is 7.21. The van der Waals surface area contributed by atoms with Gasteiger partial charge in [0.1, 0.15) is 0 Å². The van der Waals surface area contributed by atoms with E-state index in [-0.39, 0.29) is 17.5 Å². The molecule has 0 spiro atoms. The van der Waals surface area contributed by atoms with Crippen LogP contribution in [0.4, 0.5) is 0 Å². The van der Waals surface area contributed by atoms with E-state index >= 15 is 0 Å². The van der Waals surface area contributed by atoms with Crippen LogP contribution in [-0.2, 0) is 24.3 Å². The SMILES string of the molecule is CCC(=O)N1CCc2c(nc3cc([C@H]4CCCCN4Cc4cccs4)[nH]n3c2=O)C1. The standard InChI is InChI=1S/C22H27N5O2S/c1-2-21(28)26-10-8-16-18(14-26)23-20-12-17(24-27(20)22(16)29)19-7-3-4-9-25(19)13-15-6-5-11-30-15/h5-6,11-12,19,24H,2-4,7-10,13-14H2,1H3/t19-/m1/s1. The molecule has 1 fully saturated rings. The maximum atomic E-state index is 13.1. The molecular weight excluding hydrogens is 398 g/mol. The first-order valence-corrected chi connectivity index (χ1v) is 11.7. The first-order chi connectivity index (χ1) is 14.6. The number of rotatable bonds is 4. The van der Waals surface area contributed by atoms with Crippen LogP contribution in [0.25, 0.3) is 5.65 Å². The number of H-pyrrole nitrogens is 1. The molecule has 1 saturated heterocycles. The summed E-state index contributed by atoms with van der Waals surface area (Å²) in [5.41, 5.74) is 3.17. The lowest BCUT2D eigenvalue weighted by Crippen LogP contribution is -2.39. The van der Waals surface area contributed by atoms with Crippen LogP contribution in [0.5, 0.6) is 0 Å². The lowest BCUT2D eigenvalue weighted by Gasteiger charge is -2.34. The number of hydrogen-bond acceptors (Lipinski definition) is 5. The minimum Gasteiger partial charge on any atom is -0.336 e. The Labute approximate surface area is 179 Å². The van der Waals surface area contributed by atoms with Gasteiger partial charge in [0.05, 0.1) is 24.0 Å². The molecule has 0 radical (unpaired) electrons. The van der Waals surface area contributed by atoms with Crippen LogP contribution in [0.2, 0.25) is 0 Å². The molecule has 7 nitrogen and oxygen atoms in total. The van der Waals surface area contributed by atoms with E-state index in [1.807, 2.05) is 17.9 Å². The smallest absolute Gasteiger partial charge is 0.276 e. The van der Waals surface area contributed by atoms with E-state index in [1.165, 1.54) is 17.7 Å². The molecule has 0 bridgehead atoms. The van der Waals surface area contributed by atoms with Crippen LogP contribution in [-0.4, -0.2) is 43.4 Å². The first-order valence-electron chi connectivity index (χ1n) is 10.8. The Kier molecular flexibility index (Phi) is 5.20. The van der Waals surface area contributed by atoms with Gasteiger partial charge in [-0.05, 0) is 37.3 Å². The Morgan fingerprint density at radius 1 is 1.33 bits per heavy atom. The van der Waals surface area contributed by atoms with E-state index in [0.29, 0.717) is 31.6 Å². The lowest BCUT2D eigenvalue weighted by atomic mass is 9.99. The summed E-state index contributed by atoms with van der Waals surface area (Å²) < 4.78 is 1.60. The maximum Gasteiger partial charge on any atom is 0.276 e. The van der Waals surface area contributed by atoms with Crippen molar-refractivity contribution in [2.75, 3.05) is 13.1 Å². The van der Waals surface area contributed by atoms with Gasteiger partial charge < -0.3 is 4.90 Å². The predicted octanol–water partition coefficient (Wildman–Crippen LogP) is 3.11. The number of nitrogens with one attached hydrogen (secondary N) is 1. The zero-order valence-electron chi connectivity index (χ0n) is 17.3. The summed E-state index contributed by atoms with van der Waals surface area (Å²) in [5, 5.41) is 5.48. The average Bonchev–Trinajstić information content (AvgIpc) is 3.43. The number of aromatic nitrogens is 3. The zero-order chi connectivity index (χ0) is 20.7. The Hall–Kier alpha value is -2.45. The van der Waals surface area contributed by atoms with Crippen molar-refractivity contribution in [1.29, 1.82) is 0 Å². The molecule has 0 unspecified atom stereocenters. The molecule has 5 heterocycles. The minimum absolute atomic E-state index is 0.0227. The topological polar surface area (TPSA) is 73.7 Å². The van der Waals surface area contributed by atoms with Crippen LogP contribution in [0.1, 0.15) is 60.5 Å². The number of nitrogens with zero attached hydrogens (tertiary/aromatic N) is 4. The second-order valence-corrected chi connectivity index (χ2v) is 9.26. The van der Waals surface area contributed by atoms with E-state index in [9.17, 15) is 9.59 Å². The molecule has 5 rings (SSSR count). The maximum absolute atomic E-state index is 13.1. The van der Waals surface area contributed by atoms with Gasteiger partial charge in [-0.25, -0.2) is 9.50 Å². The fourth-order valence-corrected chi connectivity index (χ4v) is 5.48. The van der Waals surface area contributed by atoms with Gasteiger partial charge in [0.2, 0.25) is 5.91 Å². The molecule has 2 aliphatic rings. The number of aromatic amines is 1. The van der Waals surface area contributed by atoms with Crippen molar-refractivity contribution in [1.82, 2.24) is 24.4 Å². The predicted molar refractivity (Wildman–Crippen MR) is 117 cm³/mol. The highest BCUT2D eigenvalue weighted by Gasteiger charge is 2.28. The first kappa shape index (κ1) is 19.5. The molecule has 3 aromatic heterocycles. The van der Waals surface area contributed by atoms with E-state index < -0.39 is 0 Å². The summed E-state index contributed by atoms with van der Waals surface area (Å²) >= 11 is 1.79. The molecule has 2 aliphatic heterocycles. The molecule has 1 amide bonds. The fourth-order valence-electron chi connectivity index (χ4n) is 4.75. The average molecular weight is 426 g/mol. The highest BCUT2D eigenvalue weighted by atomic mass is 32.1. The normalized spacial score (nSPS) is 19.9. The number of thiophene rings is 1. The highest BCUT2D eigenvalue weighted by Crippen LogP contribution is 2.32. The Bertz CT molecular complexity index is 1120. The van der Waals surface area contributed by atoms with Crippen LogP contribution in [0.15, 0.2) is 28.4 Å². The molecule has 0 aromatic carbocycles. The minimum atomic E-state index is -0.0227. The Balaban J connectivity index is 1.48. The van der Waals surface area contributed by atoms with Crippen LogP contribution in [0, 0.1) is 0 Å². The van der Waals surface area contributed by atoms with Gasteiger partial charge in [-0.3, -0.25) is 19.6 Å². The second kappa shape index (κ2) is 8.00. The molecule has 1 atom stereocenters. The van der Waals surface area contributed by atoms with E-state index in [2.05, 4.69) is 27.5 Å². The van der Waals surface area contributed by atoms with Crippen molar-refractivity contribution >= 4 is 22.9 Å². The van der Waals surface area contributed by atoms with Gasteiger partial charge in [-0.15, -0.1) is 11.3 Å². The Morgan fingerprint density at radius 3 is 3.03 bits per heavy atom. The van der Waals surface area contributed by atoms with E-state index in [1.54, 1.807) is 15.9 Å². The van der Waals surface area contributed by atoms with Crippen molar-refractivity contribution in [3.05, 3.63) is 55.8 Å². The Morgan fingerprint density at radius 2 is 2.23 bits per heavy atom. The quantitative estimate of drug-likeness (QED) is 0.697. The number of likely N-dealkylation sites (tertiary alicyclic amines) is 1. The molecule has 30 heavy (non-hydrogen) atoms. The number of fused-ring (bicyclic) bond motifs is 2. The van der Waals surface area contributed by atoms with Gasteiger partial charge in [0.25, 0.3) is 5.56 Å². The molecule has 0 saturated carbocycles. The van der Waals surface area contributed by atoms with Gasteiger partial charge in [-0.1, -0.05) is 19.4 Å². The summed E-state index contributed by atoms with van der Waals surface area (Å²) in [4.78, 5) is 35.7. The van der Waals surface area contributed by atoms with Crippen LogP contribution >= 0.6 is 11.3 Å². The van der Waals surface area contributed by atoms with E-state index in [4.69, 9.17) is 4.98 Å². The van der Waals surface area contributed by atoms with Crippen molar-refractivity contribution < 1.29 is 4.79 Å². The summed E-state index contributed by atoms with van der Waals surface area (Å²) in [6.07, 6.45) is 4.51. The number of amides is 1. The second-order valence-electron chi connectivity index (χ2n) is 8.23. The van der Waals surface area contributed by atoms with Crippen molar-refractivity contribution in [3.8, 4) is 0 Å². The highest BCUT2D eigenvalue weighted by molar-refractivity contribution is 7.09. The third-order valence-electron chi connectivity index (χ3n) is 6.35. The summed E-state index contributed by atoms with van der Waals surface area (Å²) in [6.45, 7) is 4.89. The number of hydrogen-bond donors (Lipinski definition) is 1. The van der Waals surface area contributed by atoms with Crippen LogP contribution in [0.3, 0.4) is 0 Å². The zero-order valence-corrected chi connectivity index (χ0v) is 18.1. The van der Waals surface area contributed by atoms with Crippen molar-refractivity contribution in [3.63, 3.8) is 0 Å². The van der Waals surface area contributed by atoms with Crippen LogP contribution < -0.4 is 5.56 Å². The van der Waals surface area contributed by atoms with Crippen molar-refractivity contribution in [2.24, 2.45) is 0 Å². The molecule has 1 N–H and O–H groups in total. The summed E-state index contributed by atoms with van der Waals surface area (Å²) in [5.74, 6) is 0.115. The van der Waals surface area contributed by atoms with Gasteiger partial charge in [0, 0.05) is 36.0 Å². The fraction of sp³-hybridized carbons (Fsp3) is 0.500. The van der Waals surface area contributed by atoms with Gasteiger partial charge in [-0.2, -0.15) is 0 Å². The monoisotopic (exact) mass is 425 g/mol. The molecular formula is C22H27N5O2S. The number of carbonyl (C=O) groups excluding carboxylic acids is 1. The molecule has 158 valence electrons. The summed E-state index contributed by atoms with van der Waals surface area (Å²) in [6, 6.07) is 6.57. The largest absolute Gasteiger partial charge is 0.336 e. The van der Waals surface area contributed by atoms with E-state index in [0.717, 1.165) is 36.5 Å². The molecule has 8 heteroatoms. The number of carbonyl (C=O) groups is 1. The van der Waals surface area contributed by atoms with Crippen molar-refractivity contribution in [2.45, 2.75) is 58.2 Å². The van der Waals surface area contributed by atoms with Gasteiger partial charge in [0.15, 0.2) is 5.65 Å². The molecule has 3 aromatic rings. The number of piperidine rings is 1. The third kappa shape index (κ3) is 3.48. The molecule has 0 aliphatic carbocycles.